The summed E-state index contributed by atoms with van der Waals surface area (Å²) in [6, 6.07) is 0.505. The minimum Gasteiger partial charge on any atom is -0.306 e. The second-order valence-electron chi connectivity index (χ2n) is 4.88. The molecule has 0 aromatic rings. The van der Waals surface area contributed by atoms with Crippen molar-refractivity contribution in [1.82, 2.24) is 4.90 Å². The molecule has 0 heterocycles. The minimum atomic E-state index is 0.505. The van der Waals surface area contributed by atoms with Gasteiger partial charge in [0.2, 0.25) is 0 Å². The summed E-state index contributed by atoms with van der Waals surface area (Å²) in [4.78, 5) is 2.21. The van der Waals surface area contributed by atoms with Gasteiger partial charge in [0.1, 0.15) is 0 Å². The van der Waals surface area contributed by atoms with Crippen molar-refractivity contribution in [3.8, 4) is 0 Å². The van der Waals surface area contributed by atoms with Crippen LogP contribution in [-0.4, -0.2) is 25.0 Å². The molecule has 0 saturated carbocycles. The van der Waals surface area contributed by atoms with Gasteiger partial charge in [-0.15, -0.1) is 0 Å². The van der Waals surface area contributed by atoms with E-state index in [4.69, 9.17) is 0 Å². The van der Waals surface area contributed by atoms with Crippen LogP contribution in [0.2, 0.25) is 0 Å². The lowest BCUT2D eigenvalue weighted by atomic mass is 10.1. The first kappa shape index (κ1) is 15.0. The third kappa shape index (κ3) is 10.2. The second kappa shape index (κ2) is 10.5. The molecule has 1 atom stereocenters. The van der Waals surface area contributed by atoms with Crippen molar-refractivity contribution in [2.45, 2.75) is 70.8 Å². The molecule has 0 aromatic carbocycles. The highest BCUT2D eigenvalue weighted by Gasteiger charge is 2.02. The molecule has 1 heteroatoms. The quantitative estimate of drug-likeness (QED) is 0.489. The van der Waals surface area contributed by atoms with Crippen LogP contribution in [0.5, 0.6) is 0 Å². The number of unbranched alkanes of at least 4 members (excludes halogenated alkanes) is 7. The van der Waals surface area contributed by atoms with Crippen LogP contribution in [0.3, 0.4) is 0 Å². The fourth-order valence-corrected chi connectivity index (χ4v) is 1.77. The molecule has 0 fully saturated rings. The maximum Gasteiger partial charge on any atom is 0.00897 e. The molecular weight excluding hydrogens is 182 g/mol. The van der Waals surface area contributed by atoms with Gasteiger partial charge in [-0.2, -0.15) is 0 Å². The van der Waals surface area contributed by atoms with Crippen LogP contribution >= 0.6 is 0 Å². The van der Waals surface area contributed by atoms with Crippen molar-refractivity contribution in [3.05, 3.63) is 6.92 Å². The van der Waals surface area contributed by atoms with E-state index in [-0.39, 0.29) is 0 Å². The summed E-state index contributed by atoms with van der Waals surface area (Å²) in [6.07, 6.45) is 12.5. The maximum absolute atomic E-state index is 4.12. The van der Waals surface area contributed by atoms with E-state index in [0.717, 1.165) is 0 Å². The van der Waals surface area contributed by atoms with Crippen molar-refractivity contribution in [3.63, 3.8) is 0 Å². The van der Waals surface area contributed by atoms with E-state index in [1.807, 2.05) is 0 Å². The summed E-state index contributed by atoms with van der Waals surface area (Å²) in [6.45, 7) is 6.40. The smallest absolute Gasteiger partial charge is 0.00897 e. The molecule has 0 spiro atoms. The van der Waals surface area contributed by atoms with E-state index in [0.29, 0.717) is 6.04 Å². The van der Waals surface area contributed by atoms with Gasteiger partial charge in [-0.3, -0.25) is 0 Å². The topological polar surface area (TPSA) is 3.24 Å². The molecule has 0 bridgehead atoms. The van der Waals surface area contributed by atoms with Crippen LogP contribution < -0.4 is 0 Å². The summed E-state index contributed by atoms with van der Waals surface area (Å²) in [5, 5.41) is 0. The summed E-state index contributed by atoms with van der Waals surface area (Å²) in [7, 11) is 4.23. The first-order valence-corrected chi connectivity index (χ1v) is 6.68. The first-order valence-electron chi connectivity index (χ1n) is 6.68. The van der Waals surface area contributed by atoms with Gasteiger partial charge < -0.3 is 4.90 Å². The van der Waals surface area contributed by atoms with Gasteiger partial charge >= 0.3 is 0 Å². The molecule has 1 unspecified atom stereocenters. The van der Waals surface area contributed by atoms with Crippen LogP contribution in [0.25, 0.3) is 0 Å². The molecule has 0 aromatic heterocycles. The molecule has 15 heavy (non-hydrogen) atoms. The molecule has 0 aliphatic rings. The van der Waals surface area contributed by atoms with E-state index >= 15 is 0 Å². The van der Waals surface area contributed by atoms with Gasteiger partial charge in [-0.05, 0) is 27.4 Å². The number of hydrogen-bond donors (Lipinski definition) is 0. The SMILES string of the molecule is [CH2]C(CCCCCCCCCC)N(C)C. The van der Waals surface area contributed by atoms with Gasteiger partial charge in [0.25, 0.3) is 0 Å². The van der Waals surface area contributed by atoms with Gasteiger partial charge in [0, 0.05) is 6.04 Å². The van der Waals surface area contributed by atoms with Crippen LogP contribution in [0, 0.1) is 6.92 Å². The normalized spacial score (nSPS) is 13.4. The number of hydrogen-bond acceptors (Lipinski definition) is 1. The predicted octanol–water partition coefficient (Wildman–Crippen LogP) is 4.28. The van der Waals surface area contributed by atoms with Crippen molar-refractivity contribution < 1.29 is 0 Å². The van der Waals surface area contributed by atoms with E-state index in [1.54, 1.807) is 0 Å². The Morgan fingerprint density at radius 2 is 1.33 bits per heavy atom. The Labute approximate surface area is 97.2 Å². The van der Waals surface area contributed by atoms with Crippen molar-refractivity contribution in [2.24, 2.45) is 0 Å². The van der Waals surface area contributed by atoms with E-state index < -0.39 is 0 Å². The Morgan fingerprint density at radius 3 is 1.80 bits per heavy atom. The Kier molecular flexibility index (Phi) is 10.4. The van der Waals surface area contributed by atoms with Gasteiger partial charge in [-0.25, -0.2) is 0 Å². The fraction of sp³-hybridized carbons (Fsp3) is 0.929. The van der Waals surface area contributed by atoms with Crippen LogP contribution in [-0.2, 0) is 0 Å². The van der Waals surface area contributed by atoms with E-state index in [9.17, 15) is 0 Å². The van der Waals surface area contributed by atoms with Crippen molar-refractivity contribution in [1.29, 1.82) is 0 Å². The van der Waals surface area contributed by atoms with E-state index in [1.165, 1.54) is 57.8 Å². The third-order valence-electron chi connectivity index (χ3n) is 3.12. The molecule has 91 valence electrons. The average Bonchev–Trinajstić information content (AvgIpc) is 2.21. The number of nitrogens with zero attached hydrogens (tertiary/aromatic N) is 1. The lowest BCUT2D eigenvalue weighted by Crippen LogP contribution is -2.24. The lowest BCUT2D eigenvalue weighted by molar-refractivity contribution is 0.317. The lowest BCUT2D eigenvalue weighted by Gasteiger charge is -2.19. The van der Waals surface area contributed by atoms with Gasteiger partial charge in [0.15, 0.2) is 0 Å². The number of rotatable bonds is 10. The fourth-order valence-electron chi connectivity index (χ4n) is 1.77. The first-order chi connectivity index (χ1) is 7.18. The molecular formula is C14H30N. The Morgan fingerprint density at radius 1 is 0.867 bits per heavy atom. The summed E-state index contributed by atoms with van der Waals surface area (Å²) >= 11 is 0. The highest BCUT2D eigenvalue weighted by atomic mass is 15.1. The Bertz CT molecular complexity index is 121. The van der Waals surface area contributed by atoms with Crippen molar-refractivity contribution in [2.75, 3.05) is 14.1 Å². The average molecular weight is 212 g/mol. The molecule has 0 amide bonds. The molecule has 1 nitrogen and oxygen atoms in total. The Hall–Kier alpha value is -0.0400. The second-order valence-corrected chi connectivity index (χ2v) is 4.88. The highest BCUT2D eigenvalue weighted by molar-refractivity contribution is 4.67. The van der Waals surface area contributed by atoms with Crippen LogP contribution in [0.1, 0.15) is 64.7 Å². The standard InChI is InChI=1S/C14H30N/c1-5-6-7-8-9-10-11-12-13-14(2)15(3)4/h14H,2,5-13H2,1,3-4H3. The summed E-state index contributed by atoms with van der Waals surface area (Å²) in [5.41, 5.74) is 0. The predicted molar refractivity (Wildman–Crippen MR) is 70.1 cm³/mol. The largest absolute Gasteiger partial charge is 0.306 e. The summed E-state index contributed by atoms with van der Waals surface area (Å²) < 4.78 is 0. The van der Waals surface area contributed by atoms with E-state index in [2.05, 4.69) is 32.8 Å². The van der Waals surface area contributed by atoms with Crippen molar-refractivity contribution >= 4 is 0 Å². The molecule has 1 radical (unpaired) electrons. The molecule has 0 rings (SSSR count). The minimum absolute atomic E-state index is 0.505. The molecule has 0 saturated heterocycles. The molecule has 0 aliphatic heterocycles. The van der Waals surface area contributed by atoms with Crippen LogP contribution in [0.4, 0.5) is 0 Å². The zero-order valence-electron chi connectivity index (χ0n) is 11.1. The summed E-state index contributed by atoms with van der Waals surface area (Å²) in [5.74, 6) is 0. The third-order valence-corrected chi connectivity index (χ3v) is 3.12. The monoisotopic (exact) mass is 212 g/mol. The van der Waals surface area contributed by atoms with Gasteiger partial charge in [0.05, 0.1) is 0 Å². The highest BCUT2D eigenvalue weighted by Crippen LogP contribution is 2.11. The molecule has 0 N–H and O–H groups in total. The van der Waals surface area contributed by atoms with Gasteiger partial charge in [-0.1, -0.05) is 58.3 Å². The van der Waals surface area contributed by atoms with Crippen LogP contribution in [0.15, 0.2) is 0 Å². The zero-order chi connectivity index (χ0) is 11.5. The maximum atomic E-state index is 4.12. The Balaban J connectivity index is 3.05. The molecule has 0 aliphatic carbocycles. The zero-order valence-corrected chi connectivity index (χ0v) is 11.1.